The number of amides is 1. The Morgan fingerprint density at radius 2 is 1.82 bits per heavy atom. The summed E-state index contributed by atoms with van der Waals surface area (Å²) in [5.41, 5.74) is 6.17. The Kier molecular flexibility index (Phi) is 5.18. The van der Waals surface area contributed by atoms with Crippen LogP contribution in [-0.2, 0) is 4.79 Å². The number of hydrogen-bond donors (Lipinski definition) is 1. The Morgan fingerprint density at radius 3 is 2.47 bits per heavy atom. The van der Waals surface area contributed by atoms with Crippen LogP contribution in [0, 0.1) is 22.6 Å². The first kappa shape index (κ1) is 21.8. The van der Waals surface area contributed by atoms with Crippen molar-refractivity contribution in [1.29, 1.82) is 5.26 Å². The molecule has 2 aliphatic rings. The molecule has 0 radical (unpaired) electrons. The molecule has 0 saturated carbocycles. The minimum absolute atomic E-state index is 0.313. The first-order valence-corrected chi connectivity index (χ1v) is 10.9. The summed E-state index contributed by atoms with van der Waals surface area (Å²) in [4.78, 5) is 32.9. The fourth-order valence-corrected chi connectivity index (χ4v) is 5.31. The predicted molar refractivity (Wildman–Crippen MR) is 125 cm³/mol. The van der Waals surface area contributed by atoms with E-state index in [0.717, 1.165) is 0 Å². The van der Waals surface area contributed by atoms with Gasteiger partial charge in [0.15, 0.2) is 11.2 Å². The number of fused-ring (bicyclic) bond motifs is 3. The smallest absolute Gasteiger partial charge is 0.241 e. The van der Waals surface area contributed by atoms with Crippen LogP contribution < -0.4 is 10.6 Å². The van der Waals surface area contributed by atoms with E-state index < -0.39 is 35.1 Å². The van der Waals surface area contributed by atoms with Gasteiger partial charge < -0.3 is 10.6 Å². The summed E-state index contributed by atoms with van der Waals surface area (Å²) in [7, 11) is 0. The number of nitriles is 1. The number of aromatic nitrogens is 1. The van der Waals surface area contributed by atoms with Crippen molar-refractivity contribution in [2.24, 2.45) is 11.1 Å². The van der Waals surface area contributed by atoms with Gasteiger partial charge in [-0.05, 0) is 60.2 Å². The van der Waals surface area contributed by atoms with Crippen LogP contribution in [0.2, 0.25) is 5.02 Å². The Bertz CT molecular complexity index is 1370. The van der Waals surface area contributed by atoms with Crippen LogP contribution in [-0.4, -0.2) is 28.8 Å². The molecule has 34 heavy (non-hydrogen) atoms. The first-order chi connectivity index (χ1) is 16.4. The van der Waals surface area contributed by atoms with Gasteiger partial charge in [-0.2, -0.15) is 5.26 Å². The number of anilines is 1. The summed E-state index contributed by atoms with van der Waals surface area (Å²) in [6.45, 7) is 0. The zero-order valence-electron chi connectivity index (χ0n) is 17.7. The van der Waals surface area contributed by atoms with Crippen molar-refractivity contribution in [1.82, 2.24) is 4.98 Å². The highest BCUT2D eigenvalue weighted by molar-refractivity contribution is 6.30. The molecule has 1 fully saturated rings. The molecule has 0 spiro atoms. The molecule has 168 valence electrons. The number of hydrogen-bond acceptors (Lipinski definition) is 5. The SMILES string of the molecule is N#C[C@]1(C(N)=O)[C@H](c2ccncc2)[C@@H](C(=O)c2ccc(Cl)cc2)N2c3ccc(F)cc3C=C[C@H]21. The molecule has 8 heteroatoms. The molecule has 5 rings (SSSR count). The van der Waals surface area contributed by atoms with E-state index in [2.05, 4.69) is 11.1 Å². The van der Waals surface area contributed by atoms with Gasteiger partial charge in [0.2, 0.25) is 5.91 Å². The van der Waals surface area contributed by atoms with Crippen molar-refractivity contribution in [3.05, 3.63) is 101 Å². The molecule has 6 nitrogen and oxygen atoms in total. The quantitative estimate of drug-likeness (QED) is 0.576. The van der Waals surface area contributed by atoms with E-state index in [9.17, 15) is 19.2 Å². The maximum Gasteiger partial charge on any atom is 0.241 e. The first-order valence-electron chi connectivity index (χ1n) is 10.6. The van der Waals surface area contributed by atoms with Crippen molar-refractivity contribution < 1.29 is 14.0 Å². The second-order valence-electron chi connectivity index (χ2n) is 8.33. The maximum atomic E-state index is 14.0. The molecule has 3 heterocycles. The molecule has 2 N–H and O–H groups in total. The zero-order valence-corrected chi connectivity index (χ0v) is 18.5. The molecule has 1 amide bonds. The van der Waals surface area contributed by atoms with Gasteiger partial charge in [0, 0.05) is 40.1 Å². The monoisotopic (exact) mass is 472 g/mol. The lowest BCUT2D eigenvalue weighted by Gasteiger charge is -2.36. The number of primary amides is 1. The zero-order chi connectivity index (χ0) is 24.0. The lowest BCUT2D eigenvalue weighted by atomic mass is 9.67. The van der Waals surface area contributed by atoms with E-state index in [1.165, 1.54) is 12.1 Å². The second-order valence-corrected chi connectivity index (χ2v) is 8.77. The van der Waals surface area contributed by atoms with Crippen molar-refractivity contribution in [3.63, 3.8) is 0 Å². The number of rotatable bonds is 4. The molecular weight excluding hydrogens is 455 g/mol. The lowest BCUT2D eigenvalue weighted by molar-refractivity contribution is -0.125. The van der Waals surface area contributed by atoms with Gasteiger partial charge in [0.1, 0.15) is 11.9 Å². The number of pyridine rings is 1. The van der Waals surface area contributed by atoms with E-state index in [-0.39, 0.29) is 5.78 Å². The van der Waals surface area contributed by atoms with Crippen molar-refractivity contribution in [2.45, 2.75) is 18.0 Å². The highest BCUT2D eigenvalue weighted by atomic mass is 35.5. The third-order valence-electron chi connectivity index (χ3n) is 6.65. The second kappa shape index (κ2) is 8.08. The summed E-state index contributed by atoms with van der Waals surface area (Å²) < 4.78 is 14.0. The van der Waals surface area contributed by atoms with Crippen LogP contribution in [0.15, 0.2) is 73.1 Å². The molecular formula is C26H18ClFN4O2. The standard InChI is InChI=1S/C26H18ClFN4O2/c27-18-4-1-16(2-5-18)24(33)23-22(15-9-11-31-12-10-15)26(14-29,25(30)34)21-8-3-17-13-19(28)6-7-20(17)32(21)23/h1-13,21-23H,(H2,30,34)/t21-,22+,23-,26+/m0/s1. The molecule has 2 aromatic carbocycles. The fraction of sp³-hybridized carbons (Fsp3) is 0.154. The van der Waals surface area contributed by atoms with Crippen LogP contribution in [0.4, 0.5) is 10.1 Å². The van der Waals surface area contributed by atoms with E-state index in [1.54, 1.807) is 71.9 Å². The van der Waals surface area contributed by atoms with Gasteiger partial charge >= 0.3 is 0 Å². The number of nitrogens with two attached hydrogens (primary N) is 1. The minimum Gasteiger partial charge on any atom is -0.368 e. The van der Waals surface area contributed by atoms with Crippen LogP contribution in [0.3, 0.4) is 0 Å². The molecule has 1 aromatic heterocycles. The Hall–Kier alpha value is -4.02. The summed E-state index contributed by atoms with van der Waals surface area (Å²) in [6.07, 6.45) is 6.39. The average molecular weight is 473 g/mol. The highest BCUT2D eigenvalue weighted by Crippen LogP contribution is 2.55. The number of benzene rings is 2. The van der Waals surface area contributed by atoms with Gasteiger partial charge in [0.05, 0.1) is 12.1 Å². The van der Waals surface area contributed by atoms with Gasteiger partial charge in [0.25, 0.3) is 0 Å². The normalized spacial score (nSPS) is 24.7. The summed E-state index contributed by atoms with van der Waals surface area (Å²) in [5.74, 6) is -2.50. The van der Waals surface area contributed by atoms with Crippen LogP contribution in [0.5, 0.6) is 0 Å². The topological polar surface area (TPSA) is 100 Å². The van der Waals surface area contributed by atoms with Gasteiger partial charge in [-0.3, -0.25) is 14.6 Å². The summed E-state index contributed by atoms with van der Waals surface area (Å²) in [6, 6.07) is 14.3. The average Bonchev–Trinajstić information content (AvgIpc) is 3.16. The molecule has 2 aliphatic heterocycles. The minimum atomic E-state index is -1.77. The molecule has 0 aliphatic carbocycles. The fourth-order valence-electron chi connectivity index (χ4n) is 5.19. The molecule has 1 saturated heterocycles. The molecule has 0 bridgehead atoms. The van der Waals surface area contributed by atoms with E-state index >= 15 is 0 Å². The van der Waals surface area contributed by atoms with Crippen LogP contribution >= 0.6 is 11.6 Å². The Balaban J connectivity index is 1.80. The van der Waals surface area contributed by atoms with Crippen molar-refractivity contribution in [2.75, 3.05) is 4.90 Å². The van der Waals surface area contributed by atoms with Gasteiger partial charge in [-0.25, -0.2) is 4.39 Å². The largest absolute Gasteiger partial charge is 0.368 e. The van der Waals surface area contributed by atoms with Crippen LogP contribution in [0.1, 0.15) is 27.4 Å². The van der Waals surface area contributed by atoms with E-state index in [0.29, 0.717) is 27.4 Å². The van der Waals surface area contributed by atoms with E-state index in [4.69, 9.17) is 17.3 Å². The number of nitrogens with zero attached hydrogens (tertiary/aromatic N) is 3. The lowest BCUT2D eigenvalue weighted by Crippen LogP contribution is -2.49. The van der Waals surface area contributed by atoms with Gasteiger partial charge in [-0.1, -0.05) is 23.8 Å². The molecule has 0 unspecified atom stereocenters. The number of halogens is 2. The summed E-state index contributed by atoms with van der Waals surface area (Å²) >= 11 is 6.02. The molecule has 3 aromatic rings. The Labute approximate surface area is 200 Å². The Morgan fingerprint density at radius 1 is 1.12 bits per heavy atom. The summed E-state index contributed by atoms with van der Waals surface area (Å²) in [5, 5.41) is 10.9. The van der Waals surface area contributed by atoms with Crippen molar-refractivity contribution in [3.8, 4) is 6.07 Å². The number of carbonyl (C=O) groups is 2. The maximum absolute atomic E-state index is 14.0. The molecule has 4 atom stereocenters. The highest BCUT2D eigenvalue weighted by Gasteiger charge is 2.65. The third-order valence-corrected chi connectivity index (χ3v) is 6.91. The van der Waals surface area contributed by atoms with Gasteiger partial charge in [-0.15, -0.1) is 0 Å². The number of carbonyl (C=O) groups excluding carboxylic acids is 2. The van der Waals surface area contributed by atoms with Crippen LogP contribution in [0.25, 0.3) is 6.08 Å². The third kappa shape index (κ3) is 3.11. The number of ketones is 1. The van der Waals surface area contributed by atoms with E-state index in [1.807, 2.05) is 0 Å². The number of Topliss-reactive ketones (excluding diaryl/α,β-unsaturated/α-hetero) is 1. The van der Waals surface area contributed by atoms with Crippen molar-refractivity contribution >= 4 is 35.1 Å². The predicted octanol–water partition coefficient (Wildman–Crippen LogP) is 4.12.